The van der Waals surface area contributed by atoms with Crippen LogP contribution in [0, 0.1) is 5.82 Å². The second kappa shape index (κ2) is 6.60. The Labute approximate surface area is 148 Å². The molecule has 3 nitrogen and oxygen atoms in total. The Bertz CT molecular complexity index is 885. The predicted octanol–water partition coefficient (Wildman–Crippen LogP) is 4.18. The number of aromatic nitrogens is 2. The van der Waals surface area contributed by atoms with Crippen molar-refractivity contribution in [1.29, 1.82) is 0 Å². The SMILES string of the molecule is CCN1Cc2c(n(CCc3cccnc3)c3c(F)cccc23)CC1C. The quantitative estimate of drug-likeness (QED) is 0.712. The van der Waals surface area contributed by atoms with Gasteiger partial charge in [-0.15, -0.1) is 0 Å². The molecular formula is C21H24FN3. The largest absolute Gasteiger partial charge is 0.342 e. The van der Waals surface area contributed by atoms with Crippen LogP contribution in [0.4, 0.5) is 4.39 Å². The van der Waals surface area contributed by atoms with Gasteiger partial charge in [0.15, 0.2) is 0 Å². The van der Waals surface area contributed by atoms with E-state index in [2.05, 4.69) is 40.4 Å². The summed E-state index contributed by atoms with van der Waals surface area (Å²) in [6.07, 6.45) is 5.53. The van der Waals surface area contributed by atoms with Gasteiger partial charge in [0.05, 0.1) is 5.52 Å². The summed E-state index contributed by atoms with van der Waals surface area (Å²) in [5, 5.41) is 1.08. The maximum absolute atomic E-state index is 14.7. The van der Waals surface area contributed by atoms with Gasteiger partial charge < -0.3 is 4.57 Å². The molecule has 2 aromatic heterocycles. The lowest BCUT2D eigenvalue weighted by Gasteiger charge is -2.33. The molecule has 0 amide bonds. The van der Waals surface area contributed by atoms with E-state index in [1.165, 1.54) is 16.8 Å². The number of aryl methyl sites for hydroxylation is 2. The fourth-order valence-electron chi connectivity index (χ4n) is 4.12. The van der Waals surface area contributed by atoms with Gasteiger partial charge in [-0.1, -0.05) is 25.1 Å². The molecule has 0 fully saturated rings. The molecule has 3 aromatic rings. The van der Waals surface area contributed by atoms with Gasteiger partial charge in [-0.25, -0.2) is 4.39 Å². The zero-order valence-electron chi connectivity index (χ0n) is 14.9. The normalized spacial score (nSPS) is 17.8. The van der Waals surface area contributed by atoms with Crippen LogP contribution >= 0.6 is 0 Å². The van der Waals surface area contributed by atoms with E-state index in [0.717, 1.165) is 43.4 Å². The van der Waals surface area contributed by atoms with E-state index in [-0.39, 0.29) is 5.82 Å². The first-order chi connectivity index (χ1) is 12.2. The molecule has 1 aliphatic heterocycles. The Morgan fingerprint density at radius 1 is 1.24 bits per heavy atom. The third kappa shape index (κ3) is 2.85. The van der Waals surface area contributed by atoms with Gasteiger partial charge >= 0.3 is 0 Å². The van der Waals surface area contributed by atoms with Crippen LogP contribution < -0.4 is 0 Å². The maximum Gasteiger partial charge on any atom is 0.147 e. The van der Waals surface area contributed by atoms with Gasteiger partial charge in [-0.3, -0.25) is 9.88 Å². The summed E-state index contributed by atoms with van der Waals surface area (Å²) in [5.74, 6) is -0.117. The highest BCUT2D eigenvalue weighted by Gasteiger charge is 2.28. The van der Waals surface area contributed by atoms with E-state index in [1.54, 1.807) is 12.3 Å². The van der Waals surface area contributed by atoms with Gasteiger partial charge in [0, 0.05) is 49.0 Å². The molecule has 0 bridgehead atoms. The zero-order valence-corrected chi connectivity index (χ0v) is 14.9. The van der Waals surface area contributed by atoms with Crippen LogP contribution in [0.25, 0.3) is 10.9 Å². The maximum atomic E-state index is 14.7. The minimum Gasteiger partial charge on any atom is -0.342 e. The third-order valence-corrected chi connectivity index (χ3v) is 5.48. The second-order valence-corrected chi connectivity index (χ2v) is 6.94. The lowest BCUT2D eigenvalue weighted by atomic mass is 9.99. The van der Waals surface area contributed by atoms with Gasteiger partial charge in [-0.2, -0.15) is 0 Å². The summed E-state index contributed by atoms with van der Waals surface area (Å²) in [6, 6.07) is 10.0. The van der Waals surface area contributed by atoms with E-state index >= 15 is 0 Å². The monoisotopic (exact) mass is 337 g/mol. The third-order valence-electron chi connectivity index (χ3n) is 5.48. The topological polar surface area (TPSA) is 21.1 Å². The molecule has 4 heteroatoms. The summed E-state index contributed by atoms with van der Waals surface area (Å²) in [4.78, 5) is 6.67. The average Bonchev–Trinajstić information content (AvgIpc) is 2.94. The van der Waals surface area contributed by atoms with Gasteiger partial charge in [0.25, 0.3) is 0 Å². The molecule has 0 aliphatic carbocycles. The number of fused-ring (bicyclic) bond motifs is 3. The predicted molar refractivity (Wildman–Crippen MR) is 99.1 cm³/mol. The highest BCUT2D eigenvalue weighted by atomic mass is 19.1. The summed E-state index contributed by atoms with van der Waals surface area (Å²) >= 11 is 0. The molecule has 1 aliphatic rings. The number of nitrogens with zero attached hydrogens (tertiary/aromatic N) is 3. The number of hydrogen-bond acceptors (Lipinski definition) is 2. The van der Waals surface area contributed by atoms with Crippen molar-refractivity contribution in [2.75, 3.05) is 6.54 Å². The number of rotatable bonds is 4. The summed E-state index contributed by atoms with van der Waals surface area (Å²) in [6.45, 7) is 7.19. The number of likely N-dealkylation sites (N-methyl/N-ethyl adjacent to an activating group) is 1. The van der Waals surface area contributed by atoms with Crippen LogP contribution in [0.3, 0.4) is 0 Å². The van der Waals surface area contributed by atoms with Crippen molar-refractivity contribution in [3.05, 3.63) is 65.4 Å². The molecular weight excluding hydrogens is 313 g/mol. The zero-order chi connectivity index (χ0) is 17.4. The summed E-state index contributed by atoms with van der Waals surface area (Å²) < 4.78 is 16.9. The molecule has 4 rings (SSSR count). The Balaban J connectivity index is 1.79. The Morgan fingerprint density at radius 3 is 2.88 bits per heavy atom. The molecule has 0 N–H and O–H groups in total. The van der Waals surface area contributed by atoms with Crippen LogP contribution in [0.1, 0.15) is 30.7 Å². The van der Waals surface area contributed by atoms with E-state index in [1.807, 2.05) is 18.3 Å². The number of pyridine rings is 1. The highest BCUT2D eigenvalue weighted by molar-refractivity contribution is 5.86. The molecule has 0 radical (unpaired) electrons. The lowest BCUT2D eigenvalue weighted by molar-refractivity contribution is 0.192. The number of halogens is 1. The van der Waals surface area contributed by atoms with Crippen molar-refractivity contribution in [3.63, 3.8) is 0 Å². The van der Waals surface area contributed by atoms with Gasteiger partial charge in [0.1, 0.15) is 5.82 Å². The van der Waals surface area contributed by atoms with E-state index in [0.29, 0.717) is 6.04 Å². The van der Waals surface area contributed by atoms with Crippen LogP contribution in [-0.4, -0.2) is 27.0 Å². The molecule has 25 heavy (non-hydrogen) atoms. The lowest BCUT2D eigenvalue weighted by Crippen LogP contribution is -2.38. The molecule has 130 valence electrons. The molecule has 3 heterocycles. The first-order valence-electron chi connectivity index (χ1n) is 9.10. The average molecular weight is 337 g/mol. The van der Waals surface area contributed by atoms with Crippen LogP contribution in [0.5, 0.6) is 0 Å². The molecule has 0 saturated carbocycles. The Morgan fingerprint density at radius 2 is 2.12 bits per heavy atom. The van der Waals surface area contributed by atoms with Crippen molar-refractivity contribution >= 4 is 10.9 Å². The summed E-state index contributed by atoms with van der Waals surface area (Å²) in [5.41, 5.74) is 4.57. The van der Waals surface area contributed by atoms with Crippen molar-refractivity contribution < 1.29 is 4.39 Å². The van der Waals surface area contributed by atoms with E-state index in [4.69, 9.17) is 0 Å². The van der Waals surface area contributed by atoms with Gasteiger partial charge in [0.2, 0.25) is 0 Å². The summed E-state index contributed by atoms with van der Waals surface area (Å²) in [7, 11) is 0. The second-order valence-electron chi connectivity index (χ2n) is 6.94. The number of benzene rings is 1. The van der Waals surface area contributed by atoms with Crippen molar-refractivity contribution in [3.8, 4) is 0 Å². The Hall–Kier alpha value is -2.20. The molecule has 0 saturated heterocycles. The van der Waals surface area contributed by atoms with Gasteiger partial charge in [-0.05, 0) is 43.1 Å². The Kier molecular flexibility index (Phi) is 4.30. The van der Waals surface area contributed by atoms with Crippen molar-refractivity contribution in [2.24, 2.45) is 0 Å². The van der Waals surface area contributed by atoms with Crippen LogP contribution in [0.2, 0.25) is 0 Å². The van der Waals surface area contributed by atoms with Crippen LogP contribution in [0.15, 0.2) is 42.7 Å². The first kappa shape index (κ1) is 16.3. The molecule has 1 atom stereocenters. The minimum atomic E-state index is -0.117. The minimum absolute atomic E-state index is 0.117. The standard InChI is InChI=1S/C21H24FN3/c1-3-24-14-18-17-7-4-8-19(22)21(17)25(20(18)12-15(24)2)11-9-16-6-5-10-23-13-16/h4-8,10,13,15H,3,9,11-12,14H2,1-2H3. The first-order valence-corrected chi connectivity index (χ1v) is 9.10. The van der Waals surface area contributed by atoms with Crippen molar-refractivity contribution in [2.45, 2.75) is 45.8 Å². The molecule has 1 aromatic carbocycles. The molecule has 0 spiro atoms. The fourth-order valence-corrected chi connectivity index (χ4v) is 4.12. The van der Waals surface area contributed by atoms with E-state index in [9.17, 15) is 4.39 Å². The number of hydrogen-bond donors (Lipinski definition) is 0. The fraction of sp³-hybridized carbons (Fsp3) is 0.381. The smallest absolute Gasteiger partial charge is 0.147 e. The van der Waals surface area contributed by atoms with Crippen LogP contribution in [-0.2, 0) is 25.9 Å². The number of para-hydroxylation sites is 1. The van der Waals surface area contributed by atoms with Crippen molar-refractivity contribution in [1.82, 2.24) is 14.5 Å². The van der Waals surface area contributed by atoms with E-state index < -0.39 is 0 Å². The highest BCUT2D eigenvalue weighted by Crippen LogP contribution is 2.34. The molecule has 1 unspecified atom stereocenters.